The quantitative estimate of drug-likeness (QED) is 0.838. The Bertz CT molecular complexity index is 563. The lowest BCUT2D eigenvalue weighted by molar-refractivity contribution is 0.102. The molecule has 0 heterocycles. The molecule has 98 valence electrons. The van der Waals surface area contributed by atoms with Gasteiger partial charge in [0, 0.05) is 17.1 Å². The predicted molar refractivity (Wildman–Crippen MR) is 80.0 cm³/mol. The van der Waals surface area contributed by atoms with Gasteiger partial charge in [-0.1, -0.05) is 30.3 Å². The molecule has 1 amide bonds. The Kier molecular flexibility index (Phi) is 4.58. The molecule has 2 nitrogen and oxygen atoms in total. The van der Waals surface area contributed by atoms with Crippen molar-refractivity contribution in [3.63, 3.8) is 0 Å². The molecule has 0 bridgehead atoms. The Hall–Kier alpha value is -1.80. The summed E-state index contributed by atoms with van der Waals surface area (Å²) in [6.45, 7) is 1.97. The highest BCUT2D eigenvalue weighted by molar-refractivity contribution is 6.18. The largest absolute Gasteiger partial charge is 0.322 e. The van der Waals surface area contributed by atoms with Gasteiger partial charge in [-0.3, -0.25) is 4.79 Å². The molecule has 0 aliphatic heterocycles. The van der Waals surface area contributed by atoms with Gasteiger partial charge in [0.25, 0.3) is 5.91 Å². The molecule has 0 saturated carbocycles. The second-order valence-electron chi connectivity index (χ2n) is 4.40. The molecule has 0 aliphatic rings. The predicted octanol–water partition coefficient (Wildman–Crippen LogP) is 4.03. The van der Waals surface area contributed by atoms with Gasteiger partial charge in [0.15, 0.2) is 0 Å². The molecule has 0 radical (unpaired) electrons. The summed E-state index contributed by atoms with van der Waals surface area (Å²) in [7, 11) is 0. The third kappa shape index (κ3) is 3.58. The molecule has 0 unspecified atom stereocenters. The van der Waals surface area contributed by atoms with Crippen molar-refractivity contribution in [2.45, 2.75) is 13.3 Å². The number of carbonyl (C=O) groups is 1. The average molecular weight is 274 g/mol. The summed E-state index contributed by atoms with van der Waals surface area (Å²) in [5.74, 6) is 0.501. The van der Waals surface area contributed by atoms with Gasteiger partial charge in [0.2, 0.25) is 0 Å². The Morgan fingerprint density at radius 1 is 1.11 bits per heavy atom. The molecule has 0 spiro atoms. The van der Waals surface area contributed by atoms with E-state index in [0.717, 1.165) is 23.2 Å². The number of nitrogens with one attached hydrogen (secondary N) is 1. The van der Waals surface area contributed by atoms with Gasteiger partial charge in [-0.25, -0.2) is 0 Å². The lowest BCUT2D eigenvalue weighted by Crippen LogP contribution is -2.12. The van der Waals surface area contributed by atoms with Crippen molar-refractivity contribution in [2.75, 3.05) is 11.2 Å². The molecule has 1 N–H and O–H groups in total. The zero-order chi connectivity index (χ0) is 13.7. The molecule has 0 aromatic heterocycles. The molecule has 2 rings (SSSR count). The van der Waals surface area contributed by atoms with Crippen LogP contribution in [0.1, 0.15) is 21.5 Å². The monoisotopic (exact) mass is 273 g/mol. The number of alkyl halides is 1. The number of para-hydroxylation sites is 1. The number of aryl methyl sites for hydroxylation is 2. The standard InChI is InChI=1S/C16H16ClNO/c1-12-4-2-3-5-15(12)18-16(19)14-8-6-13(7-9-14)10-11-17/h2-9H,10-11H2,1H3,(H,18,19). The first-order valence-electron chi connectivity index (χ1n) is 6.22. The first kappa shape index (κ1) is 13.6. The van der Waals surface area contributed by atoms with E-state index in [9.17, 15) is 4.79 Å². The number of anilines is 1. The fourth-order valence-electron chi connectivity index (χ4n) is 1.84. The van der Waals surface area contributed by atoms with Crippen molar-refractivity contribution in [1.82, 2.24) is 0 Å². The fourth-order valence-corrected chi connectivity index (χ4v) is 2.06. The van der Waals surface area contributed by atoms with Crippen molar-refractivity contribution in [1.29, 1.82) is 0 Å². The highest BCUT2D eigenvalue weighted by Gasteiger charge is 2.07. The minimum atomic E-state index is -0.0910. The maximum Gasteiger partial charge on any atom is 0.255 e. The Morgan fingerprint density at radius 2 is 1.79 bits per heavy atom. The zero-order valence-electron chi connectivity index (χ0n) is 10.8. The van der Waals surface area contributed by atoms with Crippen LogP contribution in [-0.2, 0) is 6.42 Å². The van der Waals surface area contributed by atoms with E-state index in [2.05, 4.69) is 5.32 Å². The number of carbonyl (C=O) groups excluding carboxylic acids is 1. The van der Waals surface area contributed by atoms with Gasteiger partial charge < -0.3 is 5.32 Å². The van der Waals surface area contributed by atoms with E-state index < -0.39 is 0 Å². The van der Waals surface area contributed by atoms with Crippen LogP contribution in [0, 0.1) is 6.92 Å². The van der Waals surface area contributed by atoms with Crippen molar-refractivity contribution in [2.24, 2.45) is 0 Å². The highest BCUT2D eigenvalue weighted by Crippen LogP contribution is 2.15. The maximum atomic E-state index is 12.1. The molecule has 2 aromatic carbocycles. The molecule has 19 heavy (non-hydrogen) atoms. The Morgan fingerprint density at radius 3 is 2.42 bits per heavy atom. The van der Waals surface area contributed by atoms with Crippen LogP contribution in [0.4, 0.5) is 5.69 Å². The summed E-state index contributed by atoms with van der Waals surface area (Å²) in [6.07, 6.45) is 0.821. The SMILES string of the molecule is Cc1ccccc1NC(=O)c1ccc(CCCl)cc1. The minimum absolute atomic E-state index is 0.0910. The normalized spacial score (nSPS) is 10.2. The van der Waals surface area contributed by atoms with Crippen LogP contribution in [0.5, 0.6) is 0 Å². The van der Waals surface area contributed by atoms with E-state index in [-0.39, 0.29) is 5.91 Å². The van der Waals surface area contributed by atoms with Gasteiger partial charge in [0.05, 0.1) is 0 Å². The van der Waals surface area contributed by atoms with Gasteiger partial charge in [0.1, 0.15) is 0 Å². The lowest BCUT2D eigenvalue weighted by atomic mass is 10.1. The van der Waals surface area contributed by atoms with E-state index in [0.29, 0.717) is 11.4 Å². The van der Waals surface area contributed by atoms with Crippen molar-refractivity contribution >= 4 is 23.2 Å². The molecular weight excluding hydrogens is 258 g/mol. The van der Waals surface area contributed by atoms with Crippen molar-refractivity contribution in [3.8, 4) is 0 Å². The van der Waals surface area contributed by atoms with Crippen LogP contribution in [-0.4, -0.2) is 11.8 Å². The van der Waals surface area contributed by atoms with E-state index in [4.69, 9.17) is 11.6 Å². The molecule has 2 aromatic rings. The van der Waals surface area contributed by atoms with Crippen molar-refractivity contribution in [3.05, 3.63) is 65.2 Å². The van der Waals surface area contributed by atoms with Gasteiger partial charge in [-0.05, 0) is 42.7 Å². The lowest BCUT2D eigenvalue weighted by Gasteiger charge is -2.08. The van der Waals surface area contributed by atoms with E-state index in [1.165, 1.54) is 0 Å². The smallest absolute Gasteiger partial charge is 0.255 e. The van der Waals surface area contributed by atoms with Crippen LogP contribution in [0.3, 0.4) is 0 Å². The third-order valence-electron chi connectivity index (χ3n) is 2.99. The summed E-state index contributed by atoms with van der Waals surface area (Å²) < 4.78 is 0. The molecule has 0 aliphatic carbocycles. The van der Waals surface area contributed by atoms with Crippen LogP contribution in [0.15, 0.2) is 48.5 Å². The van der Waals surface area contributed by atoms with Crippen LogP contribution < -0.4 is 5.32 Å². The number of hydrogen-bond acceptors (Lipinski definition) is 1. The Labute approximate surface area is 118 Å². The summed E-state index contributed by atoms with van der Waals surface area (Å²) >= 11 is 5.68. The summed E-state index contributed by atoms with van der Waals surface area (Å²) in [6, 6.07) is 15.3. The maximum absolute atomic E-state index is 12.1. The fraction of sp³-hybridized carbons (Fsp3) is 0.188. The number of rotatable bonds is 4. The van der Waals surface area contributed by atoms with Gasteiger partial charge >= 0.3 is 0 Å². The average Bonchev–Trinajstić information content (AvgIpc) is 2.42. The van der Waals surface area contributed by atoms with E-state index in [1.54, 1.807) is 0 Å². The summed E-state index contributed by atoms with van der Waals surface area (Å²) in [5, 5.41) is 2.91. The third-order valence-corrected chi connectivity index (χ3v) is 3.18. The molecule has 0 saturated heterocycles. The van der Waals surface area contributed by atoms with E-state index in [1.807, 2.05) is 55.5 Å². The second kappa shape index (κ2) is 6.39. The number of amides is 1. The van der Waals surface area contributed by atoms with Gasteiger partial charge in [-0.15, -0.1) is 11.6 Å². The first-order chi connectivity index (χ1) is 9.20. The number of hydrogen-bond donors (Lipinski definition) is 1. The minimum Gasteiger partial charge on any atom is -0.322 e. The number of halogens is 1. The van der Waals surface area contributed by atoms with E-state index >= 15 is 0 Å². The topological polar surface area (TPSA) is 29.1 Å². The number of benzene rings is 2. The molecule has 0 atom stereocenters. The molecule has 0 fully saturated rings. The summed E-state index contributed by atoms with van der Waals surface area (Å²) in [4.78, 5) is 12.1. The highest BCUT2D eigenvalue weighted by atomic mass is 35.5. The van der Waals surface area contributed by atoms with Crippen molar-refractivity contribution < 1.29 is 4.79 Å². The first-order valence-corrected chi connectivity index (χ1v) is 6.76. The van der Waals surface area contributed by atoms with Crippen LogP contribution in [0.2, 0.25) is 0 Å². The zero-order valence-corrected chi connectivity index (χ0v) is 11.6. The summed E-state index contributed by atoms with van der Waals surface area (Å²) in [5.41, 5.74) is 3.69. The van der Waals surface area contributed by atoms with Crippen LogP contribution in [0.25, 0.3) is 0 Å². The molecular formula is C16H16ClNO. The Balaban J connectivity index is 2.10. The second-order valence-corrected chi connectivity index (χ2v) is 4.78. The van der Waals surface area contributed by atoms with Crippen LogP contribution >= 0.6 is 11.6 Å². The molecule has 3 heteroatoms. The van der Waals surface area contributed by atoms with Gasteiger partial charge in [-0.2, -0.15) is 0 Å².